The van der Waals surface area contributed by atoms with Crippen molar-refractivity contribution in [3.8, 4) is 0 Å². The van der Waals surface area contributed by atoms with Gasteiger partial charge in [-0.05, 0) is 33.3 Å². The zero-order chi connectivity index (χ0) is 18.3. The molecule has 0 saturated heterocycles. The van der Waals surface area contributed by atoms with Crippen molar-refractivity contribution < 1.29 is 14.3 Å². The predicted octanol–water partition coefficient (Wildman–Crippen LogP) is 2.77. The molecule has 0 fully saturated rings. The molecule has 0 aliphatic heterocycles. The van der Waals surface area contributed by atoms with E-state index in [1.165, 1.54) is 7.11 Å². The van der Waals surface area contributed by atoms with E-state index in [1.807, 2.05) is 69.9 Å². The van der Waals surface area contributed by atoms with Gasteiger partial charge < -0.3 is 15.0 Å². The van der Waals surface area contributed by atoms with Crippen molar-refractivity contribution in [2.45, 2.75) is 52.7 Å². The molecule has 0 aliphatic carbocycles. The van der Waals surface area contributed by atoms with E-state index < -0.39 is 5.92 Å². The maximum atomic E-state index is 12.6. The van der Waals surface area contributed by atoms with Gasteiger partial charge in [-0.3, -0.25) is 9.59 Å². The van der Waals surface area contributed by atoms with Crippen LogP contribution in [0.1, 0.15) is 46.2 Å². The molecule has 0 aliphatic rings. The number of hydrogen-bond donors (Lipinski definition) is 1. The molecule has 0 radical (unpaired) electrons. The lowest BCUT2D eigenvalue weighted by atomic mass is 9.94. The van der Waals surface area contributed by atoms with E-state index in [1.54, 1.807) is 0 Å². The second-order valence-corrected chi connectivity index (χ2v) is 6.57. The molecule has 0 saturated carbocycles. The van der Waals surface area contributed by atoms with Crippen molar-refractivity contribution in [2.24, 2.45) is 5.92 Å². The molecular formula is C19H30N2O3. The molecule has 1 amide bonds. The molecule has 1 N–H and O–H groups in total. The van der Waals surface area contributed by atoms with Gasteiger partial charge in [-0.2, -0.15) is 0 Å². The second-order valence-electron chi connectivity index (χ2n) is 6.57. The quantitative estimate of drug-likeness (QED) is 0.743. The number of benzene rings is 1. The van der Waals surface area contributed by atoms with Gasteiger partial charge in [-0.25, -0.2) is 0 Å². The molecule has 2 atom stereocenters. The summed E-state index contributed by atoms with van der Waals surface area (Å²) in [4.78, 5) is 26.4. The predicted molar refractivity (Wildman–Crippen MR) is 95.5 cm³/mol. The third-order valence-electron chi connectivity index (χ3n) is 4.11. The molecule has 0 bridgehead atoms. The summed E-state index contributed by atoms with van der Waals surface area (Å²) < 4.78 is 4.87. The van der Waals surface area contributed by atoms with Gasteiger partial charge in [0.1, 0.15) is 0 Å². The van der Waals surface area contributed by atoms with Crippen LogP contribution < -0.4 is 5.32 Å². The number of methoxy groups -OCH3 is 1. The molecule has 0 unspecified atom stereocenters. The maximum Gasteiger partial charge on any atom is 0.310 e. The molecule has 1 aromatic carbocycles. The third kappa shape index (κ3) is 5.34. The number of rotatable bonds is 8. The average Bonchev–Trinajstić information content (AvgIpc) is 2.54. The number of carbonyl (C=O) groups excluding carboxylic acids is 2. The highest BCUT2D eigenvalue weighted by molar-refractivity contribution is 5.79. The minimum absolute atomic E-state index is 0.0259. The van der Waals surface area contributed by atoms with E-state index in [0.717, 1.165) is 5.56 Å². The van der Waals surface area contributed by atoms with Crippen LogP contribution in [0.4, 0.5) is 0 Å². The van der Waals surface area contributed by atoms with Crippen LogP contribution in [-0.2, 0) is 14.3 Å². The Morgan fingerprint density at radius 3 is 2.04 bits per heavy atom. The summed E-state index contributed by atoms with van der Waals surface area (Å²) >= 11 is 0. The molecule has 134 valence electrons. The Bertz CT molecular complexity index is 521. The monoisotopic (exact) mass is 334 g/mol. The van der Waals surface area contributed by atoms with E-state index in [2.05, 4.69) is 5.32 Å². The van der Waals surface area contributed by atoms with E-state index in [4.69, 9.17) is 4.74 Å². The highest BCUT2D eigenvalue weighted by atomic mass is 16.5. The highest BCUT2D eigenvalue weighted by Crippen LogP contribution is 2.23. The summed E-state index contributed by atoms with van der Waals surface area (Å²) in [6.45, 7) is 10.0. The lowest BCUT2D eigenvalue weighted by Gasteiger charge is -2.32. The number of nitrogens with one attached hydrogen (secondary N) is 1. The summed E-state index contributed by atoms with van der Waals surface area (Å²) in [6, 6.07) is 9.65. The maximum absolute atomic E-state index is 12.6. The van der Waals surface area contributed by atoms with Crippen LogP contribution in [0.15, 0.2) is 30.3 Å². The van der Waals surface area contributed by atoms with Gasteiger partial charge in [-0.1, -0.05) is 37.3 Å². The summed E-state index contributed by atoms with van der Waals surface area (Å²) in [5.41, 5.74) is 0.962. The zero-order valence-electron chi connectivity index (χ0n) is 15.6. The molecule has 1 rings (SSSR count). The first-order valence-electron chi connectivity index (χ1n) is 8.46. The Labute approximate surface area is 145 Å². The van der Waals surface area contributed by atoms with Gasteiger partial charge in [0.15, 0.2) is 0 Å². The molecule has 24 heavy (non-hydrogen) atoms. The summed E-state index contributed by atoms with van der Waals surface area (Å²) in [6.07, 6.45) is 0. The van der Waals surface area contributed by atoms with E-state index in [9.17, 15) is 9.59 Å². The number of amides is 1. The largest absolute Gasteiger partial charge is 0.469 e. The molecule has 0 spiro atoms. The third-order valence-corrected chi connectivity index (χ3v) is 4.11. The average molecular weight is 334 g/mol. The minimum Gasteiger partial charge on any atom is -0.469 e. The summed E-state index contributed by atoms with van der Waals surface area (Å²) in [5, 5.41) is 3.25. The fourth-order valence-corrected chi connectivity index (χ4v) is 3.03. The fraction of sp³-hybridized carbons (Fsp3) is 0.579. The van der Waals surface area contributed by atoms with Gasteiger partial charge in [0.2, 0.25) is 5.91 Å². The Kier molecular flexibility index (Phi) is 7.92. The van der Waals surface area contributed by atoms with Gasteiger partial charge in [0.05, 0.1) is 19.6 Å². The van der Waals surface area contributed by atoms with E-state index in [0.29, 0.717) is 0 Å². The SMILES string of the molecule is COC(=O)[C@@H](C)[C@@H](NCC(=O)N(C(C)C)C(C)C)c1ccccc1. The first-order valence-corrected chi connectivity index (χ1v) is 8.46. The number of ether oxygens (including phenoxy) is 1. The standard InChI is InChI=1S/C19H30N2O3/c1-13(2)21(14(3)4)17(22)12-20-18(15(5)19(23)24-6)16-10-8-7-9-11-16/h7-11,13-15,18,20H,12H2,1-6H3/t15-,18+/m0/s1. The van der Waals surface area contributed by atoms with Crippen LogP contribution in [0.5, 0.6) is 0 Å². The lowest BCUT2D eigenvalue weighted by Crippen LogP contribution is -2.47. The van der Waals surface area contributed by atoms with Crippen LogP contribution in [-0.4, -0.2) is 42.5 Å². The Hall–Kier alpha value is -1.88. The topological polar surface area (TPSA) is 58.6 Å². The number of hydrogen-bond acceptors (Lipinski definition) is 4. The Morgan fingerprint density at radius 2 is 1.58 bits per heavy atom. The zero-order valence-corrected chi connectivity index (χ0v) is 15.6. The van der Waals surface area contributed by atoms with Crippen molar-refractivity contribution in [3.63, 3.8) is 0 Å². The molecule has 0 aromatic heterocycles. The number of carbonyl (C=O) groups is 2. The van der Waals surface area contributed by atoms with E-state index in [-0.39, 0.29) is 36.5 Å². The van der Waals surface area contributed by atoms with Gasteiger partial charge in [-0.15, -0.1) is 0 Å². The number of nitrogens with zero attached hydrogens (tertiary/aromatic N) is 1. The molecular weight excluding hydrogens is 304 g/mol. The van der Waals surface area contributed by atoms with Gasteiger partial charge in [0, 0.05) is 18.1 Å². The highest BCUT2D eigenvalue weighted by Gasteiger charge is 2.28. The Morgan fingerprint density at radius 1 is 1.04 bits per heavy atom. The first kappa shape index (κ1) is 20.2. The lowest BCUT2D eigenvalue weighted by molar-refractivity contribution is -0.146. The van der Waals surface area contributed by atoms with Crippen LogP contribution in [0.25, 0.3) is 0 Å². The number of esters is 1. The van der Waals surface area contributed by atoms with Crippen molar-refractivity contribution in [2.75, 3.05) is 13.7 Å². The Balaban J connectivity index is 2.90. The van der Waals surface area contributed by atoms with Crippen molar-refractivity contribution in [1.29, 1.82) is 0 Å². The summed E-state index contributed by atoms with van der Waals surface area (Å²) in [5.74, 6) is -0.664. The minimum atomic E-state index is -0.392. The van der Waals surface area contributed by atoms with Crippen molar-refractivity contribution in [3.05, 3.63) is 35.9 Å². The fourth-order valence-electron chi connectivity index (χ4n) is 3.03. The van der Waals surface area contributed by atoms with Crippen molar-refractivity contribution in [1.82, 2.24) is 10.2 Å². The first-order chi connectivity index (χ1) is 11.3. The molecule has 5 heteroatoms. The van der Waals surface area contributed by atoms with Gasteiger partial charge in [0.25, 0.3) is 0 Å². The second kappa shape index (κ2) is 9.42. The van der Waals surface area contributed by atoms with Crippen molar-refractivity contribution >= 4 is 11.9 Å². The smallest absolute Gasteiger partial charge is 0.310 e. The van der Waals surface area contributed by atoms with Crippen LogP contribution in [0.2, 0.25) is 0 Å². The van der Waals surface area contributed by atoms with Gasteiger partial charge >= 0.3 is 5.97 Å². The molecule has 5 nitrogen and oxygen atoms in total. The van der Waals surface area contributed by atoms with Crippen LogP contribution >= 0.6 is 0 Å². The molecule has 1 aromatic rings. The molecule has 0 heterocycles. The van der Waals surface area contributed by atoms with E-state index >= 15 is 0 Å². The summed E-state index contributed by atoms with van der Waals surface area (Å²) in [7, 11) is 1.38. The normalized spacial score (nSPS) is 13.7. The van der Waals surface area contributed by atoms with Crippen LogP contribution in [0.3, 0.4) is 0 Å². The van der Waals surface area contributed by atoms with Crippen LogP contribution in [0, 0.1) is 5.92 Å².